The number of nitrogens with zero attached hydrogens (tertiary/aromatic N) is 4. The maximum Gasteiger partial charge on any atom is 0.375 e. The van der Waals surface area contributed by atoms with E-state index in [1.807, 2.05) is 0 Å². The van der Waals surface area contributed by atoms with Gasteiger partial charge < -0.3 is 5.11 Å². The highest BCUT2D eigenvalue weighted by atomic mass is 16.4. The molecule has 1 N–H and O–H groups in total. The molecule has 7 nitrogen and oxygen atoms in total. The number of carboxylic acids is 1. The van der Waals surface area contributed by atoms with Crippen molar-refractivity contribution in [3.63, 3.8) is 0 Å². The fourth-order valence-corrected chi connectivity index (χ4v) is 1.75. The highest BCUT2D eigenvalue weighted by molar-refractivity contribution is 6.12. The lowest BCUT2D eigenvalue weighted by molar-refractivity contribution is 0.0683. The van der Waals surface area contributed by atoms with Gasteiger partial charge in [-0.1, -0.05) is 18.2 Å². The maximum atomic E-state index is 11.6. The molecule has 0 bridgehead atoms. The van der Waals surface area contributed by atoms with E-state index >= 15 is 0 Å². The zero-order chi connectivity index (χ0) is 12.0. The zero-order valence-electron chi connectivity index (χ0n) is 8.44. The van der Waals surface area contributed by atoms with Crippen LogP contribution >= 0.6 is 0 Å². The summed E-state index contributed by atoms with van der Waals surface area (Å²) in [5, 5.41) is 12.6. The minimum absolute atomic E-state index is 0.0453. The van der Waals surface area contributed by atoms with Crippen LogP contribution in [-0.4, -0.2) is 37.5 Å². The van der Waals surface area contributed by atoms with E-state index in [1.54, 1.807) is 24.3 Å². The van der Waals surface area contributed by atoms with Crippen LogP contribution in [0.1, 0.15) is 27.3 Å². The third-order valence-electron chi connectivity index (χ3n) is 2.48. The van der Waals surface area contributed by atoms with Gasteiger partial charge in [-0.05, 0) is 6.08 Å². The molecule has 1 aromatic heterocycles. The molecule has 1 aromatic rings. The van der Waals surface area contributed by atoms with E-state index in [9.17, 15) is 9.59 Å². The van der Waals surface area contributed by atoms with Crippen LogP contribution in [0, 0.1) is 0 Å². The lowest BCUT2D eigenvalue weighted by Crippen LogP contribution is -2.28. The molecule has 7 heteroatoms. The molecule has 0 aromatic carbocycles. The molecule has 0 radical (unpaired) electrons. The van der Waals surface area contributed by atoms with Gasteiger partial charge in [0, 0.05) is 0 Å². The molecule has 2 aliphatic rings. The second kappa shape index (κ2) is 3.21. The monoisotopic (exact) mass is 230 g/mol. The first-order valence-electron chi connectivity index (χ1n) is 4.84. The van der Waals surface area contributed by atoms with Gasteiger partial charge in [0.2, 0.25) is 5.82 Å². The minimum Gasteiger partial charge on any atom is -0.475 e. The smallest absolute Gasteiger partial charge is 0.375 e. The summed E-state index contributed by atoms with van der Waals surface area (Å²) in [6.45, 7) is 0. The van der Waals surface area contributed by atoms with Crippen molar-refractivity contribution in [1.29, 1.82) is 0 Å². The van der Waals surface area contributed by atoms with Crippen molar-refractivity contribution >= 4 is 17.6 Å². The summed E-state index contributed by atoms with van der Waals surface area (Å²) >= 11 is 0. The molecule has 1 aliphatic heterocycles. The molecule has 17 heavy (non-hydrogen) atoms. The highest BCUT2D eigenvalue weighted by Gasteiger charge is 2.31. The molecular formula is C10H6N4O3. The first kappa shape index (κ1) is 9.64. The van der Waals surface area contributed by atoms with Gasteiger partial charge in [-0.3, -0.25) is 4.79 Å². The first-order valence-corrected chi connectivity index (χ1v) is 4.84. The topological polar surface area (TPSA) is 97.4 Å². The van der Waals surface area contributed by atoms with Crippen LogP contribution in [-0.2, 0) is 0 Å². The lowest BCUT2D eigenvalue weighted by Gasteiger charge is -2.20. The van der Waals surface area contributed by atoms with E-state index in [0.29, 0.717) is 5.71 Å². The standard InChI is InChI=1S/C10H6N4O3/c15-9-8-12-7(10(16)17)13-14(8)6-4-2-1-3-5(6)11-9/h1-4,6H,(H,16,17). The van der Waals surface area contributed by atoms with Crippen molar-refractivity contribution in [2.45, 2.75) is 6.04 Å². The Morgan fingerprint density at radius 2 is 2.24 bits per heavy atom. The number of hydrogen-bond acceptors (Lipinski definition) is 4. The van der Waals surface area contributed by atoms with Crippen LogP contribution in [0.25, 0.3) is 0 Å². The maximum absolute atomic E-state index is 11.6. The van der Waals surface area contributed by atoms with Crippen molar-refractivity contribution in [3.8, 4) is 0 Å². The zero-order valence-corrected chi connectivity index (χ0v) is 8.44. The van der Waals surface area contributed by atoms with E-state index in [4.69, 9.17) is 5.11 Å². The molecule has 1 aliphatic carbocycles. The van der Waals surface area contributed by atoms with Gasteiger partial charge in [0.25, 0.3) is 5.82 Å². The molecule has 0 fully saturated rings. The van der Waals surface area contributed by atoms with Gasteiger partial charge in [0.05, 0.1) is 5.71 Å². The molecule has 1 atom stereocenters. The third kappa shape index (κ3) is 1.32. The van der Waals surface area contributed by atoms with E-state index < -0.39 is 17.7 Å². The summed E-state index contributed by atoms with van der Waals surface area (Å²) in [6, 6.07) is -0.353. The number of hydrogen-bond donors (Lipinski definition) is 1. The normalized spacial score (nSPS) is 20.8. The minimum atomic E-state index is -1.27. The molecule has 2 heterocycles. The van der Waals surface area contributed by atoms with E-state index in [-0.39, 0.29) is 11.9 Å². The third-order valence-corrected chi connectivity index (χ3v) is 2.48. The number of aromatic nitrogens is 3. The van der Waals surface area contributed by atoms with Crippen LogP contribution in [0.4, 0.5) is 0 Å². The quantitative estimate of drug-likeness (QED) is 0.745. The Hall–Kier alpha value is -2.57. The van der Waals surface area contributed by atoms with E-state index in [2.05, 4.69) is 15.1 Å². The number of fused-ring (bicyclic) bond motifs is 3. The number of amides is 1. The van der Waals surface area contributed by atoms with Crippen LogP contribution in [0.2, 0.25) is 0 Å². The van der Waals surface area contributed by atoms with Crippen molar-refractivity contribution in [3.05, 3.63) is 36.0 Å². The second-order valence-corrected chi connectivity index (χ2v) is 3.54. The predicted octanol–water partition coefficient (Wildman–Crippen LogP) is 0.238. The highest BCUT2D eigenvalue weighted by Crippen LogP contribution is 2.22. The van der Waals surface area contributed by atoms with Gasteiger partial charge in [-0.2, -0.15) is 4.98 Å². The molecular weight excluding hydrogens is 224 g/mol. The number of aliphatic imine (C=N–C) groups is 1. The van der Waals surface area contributed by atoms with Crippen molar-refractivity contribution in [1.82, 2.24) is 14.8 Å². The lowest BCUT2D eigenvalue weighted by atomic mass is 10.1. The fraction of sp³-hybridized carbons (Fsp3) is 0.100. The second-order valence-electron chi connectivity index (χ2n) is 3.54. The van der Waals surface area contributed by atoms with Crippen molar-refractivity contribution < 1.29 is 14.7 Å². The number of aromatic carboxylic acids is 1. The summed E-state index contributed by atoms with van der Waals surface area (Å²) in [6.07, 6.45) is 7.00. The summed E-state index contributed by atoms with van der Waals surface area (Å²) < 4.78 is 1.29. The Morgan fingerprint density at radius 3 is 3.00 bits per heavy atom. The van der Waals surface area contributed by atoms with Gasteiger partial charge >= 0.3 is 11.9 Å². The molecule has 0 saturated heterocycles. The fourth-order valence-electron chi connectivity index (χ4n) is 1.75. The Kier molecular flexibility index (Phi) is 1.82. The van der Waals surface area contributed by atoms with Gasteiger partial charge in [-0.25, -0.2) is 14.5 Å². The SMILES string of the molecule is O=C(O)c1nc2n(n1)C1C=CC=CC1=NC2=O. The molecule has 1 unspecified atom stereocenters. The Labute approximate surface area is 94.8 Å². The van der Waals surface area contributed by atoms with E-state index in [1.165, 1.54) is 4.68 Å². The number of allylic oxidation sites excluding steroid dienone is 4. The molecule has 0 spiro atoms. The van der Waals surface area contributed by atoms with E-state index in [0.717, 1.165) is 0 Å². The summed E-state index contributed by atoms with van der Waals surface area (Å²) in [7, 11) is 0. The van der Waals surface area contributed by atoms with Crippen LogP contribution in [0.5, 0.6) is 0 Å². The average molecular weight is 230 g/mol. The Bertz CT molecular complexity index is 623. The Morgan fingerprint density at radius 1 is 1.41 bits per heavy atom. The summed E-state index contributed by atoms with van der Waals surface area (Å²) in [5.41, 5.74) is 0.534. The number of carboxylic acid groups (broad SMARTS) is 1. The van der Waals surface area contributed by atoms with Gasteiger partial charge in [-0.15, -0.1) is 5.10 Å². The van der Waals surface area contributed by atoms with Crippen LogP contribution < -0.4 is 0 Å². The number of carbonyl (C=O) groups is 2. The summed E-state index contributed by atoms with van der Waals surface area (Å²) in [5.74, 6) is -2.28. The molecule has 1 amide bonds. The van der Waals surface area contributed by atoms with Crippen molar-refractivity contribution in [2.75, 3.05) is 0 Å². The molecule has 84 valence electrons. The predicted molar refractivity (Wildman–Crippen MR) is 56.1 cm³/mol. The number of carbonyl (C=O) groups excluding carboxylic acids is 1. The molecule has 0 saturated carbocycles. The van der Waals surface area contributed by atoms with Gasteiger partial charge in [0.1, 0.15) is 6.04 Å². The summed E-state index contributed by atoms with van der Waals surface area (Å²) in [4.78, 5) is 29.9. The number of rotatable bonds is 1. The van der Waals surface area contributed by atoms with Crippen LogP contribution in [0.15, 0.2) is 29.3 Å². The van der Waals surface area contributed by atoms with Gasteiger partial charge in [0.15, 0.2) is 0 Å². The largest absolute Gasteiger partial charge is 0.475 e. The first-order chi connectivity index (χ1) is 8.16. The molecule has 3 rings (SSSR count). The van der Waals surface area contributed by atoms with Crippen molar-refractivity contribution in [2.24, 2.45) is 4.99 Å². The van der Waals surface area contributed by atoms with Crippen LogP contribution in [0.3, 0.4) is 0 Å². The Balaban J connectivity index is 2.18. The average Bonchev–Trinajstić information content (AvgIpc) is 2.75.